The number of carbonyl (C=O) groups excluding carboxylic acids is 1. The Balaban J connectivity index is 1.69. The fraction of sp³-hybridized carbons (Fsp3) is 0.938. The SMILES string of the molecule is CCC1(C(=O)NCCC2CCC(C)CC2)CCNC1. The van der Waals surface area contributed by atoms with E-state index in [1.165, 1.54) is 32.1 Å². The molecule has 2 aliphatic rings. The third kappa shape index (κ3) is 3.71. The van der Waals surface area contributed by atoms with Crippen molar-refractivity contribution in [2.24, 2.45) is 17.3 Å². The van der Waals surface area contributed by atoms with Crippen molar-refractivity contribution in [2.45, 2.75) is 58.8 Å². The summed E-state index contributed by atoms with van der Waals surface area (Å²) in [5.74, 6) is 2.04. The van der Waals surface area contributed by atoms with E-state index in [4.69, 9.17) is 0 Å². The summed E-state index contributed by atoms with van der Waals surface area (Å²) in [6.45, 7) is 7.21. The first-order valence-corrected chi connectivity index (χ1v) is 8.15. The Hall–Kier alpha value is -0.570. The molecule has 0 bridgehead atoms. The fourth-order valence-corrected chi connectivity index (χ4v) is 3.59. The summed E-state index contributed by atoms with van der Waals surface area (Å²) in [5, 5.41) is 6.52. The summed E-state index contributed by atoms with van der Waals surface area (Å²) in [7, 11) is 0. The molecule has 0 spiro atoms. The highest BCUT2D eigenvalue weighted by Crippen LogP contribution is 2.31. The number of hydrogen-bond donors (Lipinski definition) is 2. The molecular formula is C16H30N2O. The van der Waals surface area contributed by atoms with Crippen molar-refractivity contribution < 1.29 is 4.79 Å². The van der Waals surface area contributed by atoms with E-state index in [0.29, 0.717) is 0 Å². The average Bonchev–Trinajstić information content (AvgIpc) is 2.91. The highest BCUT2D eigenvalue weighted by Gasteiger charge is 2.39. The minimum absolute atomic E-state index is 0.124. The van der Waals surface area contributed by atoms with Gasteiger partial charge in [0.15, 0.2) is 0 Å². The number of nitrogens with one attached hydrogen (secondary N) is 2. The molecule has 1 unspecified atom stereocenters. The minimum atomic E-state index is -0.124. The average molecular weight is 266 g/mol. The van der Waals surface area contributed by atoms with Crippen molar-refractivity contribution in [1.29, 1.82) is 0 Å². The van der Waals surface area contributed by atoms with Gasteiger partial charge in [0.2, 0.25) is 5.91 Å². The van der Waals surface area contributed by atoms with Gasteiger partial charge in [0.1, 0.15) is 0 Å². The first kappa shape index (κ1) is 14.8. The van der Waals surface area contributed by atoms with E-state index >= 15 is 0 Å². The van der Waals surface area contributed by atoms with Crippen LogP contribution in [0.5, 0.6) is 0 Å². The molecule has 1 atom stereocenters. The second kappa shape index (κ2) is 6.74. The quantitative estimate of drug-likeness (QED) is 0.803. The van der Waals surface area contributed by atoms with Gasteiger partial charge in [-0.05, 0) is 37.6 Å². The van der Waals surface area contributed by atoms with E-state index in [0.717, 1.165) is 44.3 Å². The normalized spacial score (nSPS) is 35.3. The zero-order valence-corrected chi connectivity index (χ0v) is 12.6. The monoisotopic (exact) mass is 266 g/mol. The largest absolute Gasteiger partial charge is 0.356 e. The Labute approximate surface area is 117 Å². The van der Waals surface area contributed by atoms with E-state index in [1.54, 1.807) is 0 Å². The van der Waals surface area contributed by atoms with Crippen LogP contribution in [0.15, 0.2) is 0 Å². The smallest absolute Gasteiger partial charge is 0.227 e. The zero-order valence-electron chi connectivity index (χ0n) is 12.6. The molecule has 1 aliphatic carbocycles. The highest BCUT2D eigenvalue weighted by atomic mass is 16.2. The molecule has 3 nitrogen and oxygen atoms in total. The van der Waals surface area contributed by atoms with Gasteiger partial charge in [-0.3, -0.25) is 4.79 Å². The summed E-state index contributed by atoms with van der Waals surface area (Å²) in [5.41, 5.74) is -0.124. The summed E-state index contributed by atoms with van der Waals surface area (Å²) in [6.07, 6.45) is 8.59. The van der Waals surface area contributed by atoms with Crippen molar-refractivity contribution in [1.82, 2.24) is 10.6 Å². The molecule has 1 saturated heterocycles. The lowest BCUT2D eigenvalue weighted by Gasteiger charge is -2.28. The van der Waals surface area contributed by atoms with E-state index in [2.05, 4.69) is 24.5 Å². The Morgan fingerprint density at radius 3 is 2.63 bits per heavy atom. The van der Waals surface area contributed by atoms with Gasteiger partial charge >= 0.3 is 0 Å². The molecule has 3 heteroatoms. The third-order valence-electron chi connectivity index (χ3n) is 5.38. The van der Waals surface area contributed by atoms with Crippen molar-refractivity contribution in [3.05, 3.63) is 0 Å². The standard InChI is InChI=1S/C16H30N2O/c1-3-16(9-11-17-12-16)15(19)18-10-8-14-6-4-13(2)5-7-14/h13-14,17H,3-12H2,1-2H3,(H,18,19). The predicted octanol–water partition coefficient (Wildman–Crippen LogP) is 2.71. The van der Waals surface area contributed by atoms with Gasteiger partial charge in [-0.15, -0.1) is 0 Å². The third-order valence-corrected chi connectivity index (χ3v) is 5.38. The lowest BCUT2D eigenvalue weighted by atomic mass is 9.81. The van der Waals surface area contributed by atoms with Gasteiger partial charge in [0.05, 0.1) is 5.41 Å². The van der Waals surface area contributed by atoms with E-state index < -0.39 is 0 Å². The second-order valence-electron chi connectivity index (χ2n) is 6.73. The van der Waals surface area contributed by atoms with Gasteiger partial charge in [-0.1, -0.05) is 39.5 Å². The van der Waals surface area contributed by atoms with Gasteiger partial charge in [0.25, 0.3) is 0 Å². The van der Waals surface area contributed by atoms with Gasteiger partial charge in [0, 0.05) is 13.1 Å². The molecule has 1 aliphatic heterocycles. The van der Waals surface area contributed by atoms with Crippen LogP contribution in [0.25, 0.3) is 0 Å². The molecule has 19 heavy (non-hydrogen) atoms. The molecule has 0 radical (unpaired) electrons. The topological polar surface area (TPSA) is 41.1 Å². The second-order valence-corrected chi connectivity index (χ2v) is 6.73. The maximum Gasteiger partial charge on any atom is 0.227 e. The first-order valence-electron chi connectivity index (χ1n) is 8.15. The summed E-state index contributed by atoms with van der Waals surface area (Å²) < 4.78 is 0. The molecule has 1 saturated carbocycles. The summed E-state index contributed by atoms with van der Waals surface area (Å²) in [6, 6.07) is 0. The Morgan fingerprint density at radius 2 is 2.05 bits per heavy atom. The van der Waals surface area contributed by atoms with Crippen LogP contribution in [0.2, 0.25) is 0 Å². The van der Waals surface area contributed by atoms with Gasteiger partial charge in [-0.25, -0.2) is 0 Å². The van der Waals surface area contributed by atoms with Gasteiger partial charge < -0.3 is 10.6 Å². The van der Waals surface area contributed by atoms with Crippen molar-refractivity contribution in [2.75, 3.05) is 19.6 Å². The molecule has 2 N–H and O–H groups in total. The maximum atomic E-state index is 12.3. The minimum Gasteiger partial charge on any atom is -0.356 e. The molecule has 0 aromatic heterocycles. The number of amides is 1. The number of rotatable bonds is 5. The molecule has 0 aromatic rings. The summed E-state index contributed by atoms with van der Waals surface area (Å²) in [4.78, 5) is 12.3. The lowest BCUT2D eigenvalue weighted by molar-refractivity contribution is -0.130. The van der Waals surface area contributed by atoms with Crippen molar-refractivity contribution in [3.63, 3.8) is 0 Å². The molecule has 2 fully saturated rings. The van der Waals surface area contributed by atoms with Crippen molar-refractivity contribution >= 4 is 5.91 Å². The molecule has 1 amide bonds. The molecule has 1 heterocycles. The Morgan fingerprint density at radius 1 is 1.32 bits per heavy atom. The predicted molar refractivity (Wildman–Crippen MR) is 79.0 cm³/mol. The van der Waals surface area contributed by atoms with Crippen LogP contribution < -0.4 is 10.6 Å². The zero-order chi connectivity index (χ0) is 13.7. The van der Waals surface area contributed by atoms with Crippen LogP contribution >= 0.6 is 0 Å². The lowest BCUT2D eigenvalue weighted by Crippen LogP contribution is -2.42. The van der Waals surface area contributed by atoms with Crippen LogP contribution in [0.3, 0.4) is 0 Å². The van der Waals surface area contributed by atoms with Crippen molar-refractivity contribution in [3.8, 4) is 0 Å². The first-order chi connectivity index (χ1) is 9.16. The molecule has 2 rings (SSSR count). The molecule has 0 aromatic carbocycles. The summed E-state index contributed by atoms with van der Waals surface area (Å²) >= 11 is 0. The highest BCUT2D eigenvalue weighted by molar-refractivity contribution is 5.83. The fourth-order valence-electron chi connectivity index (χ4n) is 3.59. The molecular weight excluding hydrogens is 236 g/mol. The van der Waals surface area contributed by atoms with Crippen LogP contribution in [0.1, 0.15) is 58.8 Å². The van der Waals surface area contributed by atoms with Crippen LogP contribution in [0, 0.1) is 17.3 Å². The van der Waals surface area contributed by atoms with Crippen LogP contribution in [-0.2, 0) is 4.79 Å². The maximum absolute atomic E-state index is 12.3. The van der Waals surface area contributed by atoms with Gasteiger partial charge in [-0.2, -0.15) is 0 Å². The van der Waals surface area contributed by atoms with Crippen LogP contribution in [0.4, 0.5) is 0 Å². The molecule has 110 valence electrons. The Kier molecular flexibility index (Phi) is 5.26. The van der Waals surface area contributed by atoms with E-state index in [1.807, 2.05) is 0 Å². The van der Waals surface area contributed by atoms with E-state index in [9.17, 15) is 4.79 Å². The van der Waals surface area contributed by atoms with Crippen LogP contribution in [-0.4, -0.2) is 25.5 Å². The number of carbonyl (C=O) groups is 1. The Bertz CT molecular complexity index is 289. The van der Waals surface area contributed by atoms with E-state index in [-0.39, 0.29) is 11.3 Å². The number of hydrogen-bond acceptors (Lipinski definition) is 2.